The van der Waals surface area contributed by atoms with E-state index in [4.69, 9.17) is 17.0 Å². The molecule has 3 N–H and O–H groups in total. The lowest BCUT2D eigenvalue weighted by molar-refractivity contribution is 0.0342. The maximum atomic E-state index is 12.7. The number of carbonyl (C=O) groups excluding carboxylic acids is 1. The Morgan fingerprint density at radius 2 is 1.74 bits per heavy atom. The normalized spacial score (nSPS) is 14.4. The number of ether oxygens (including phenoxy) is 1. The second kappa shape index (κ2) is 10.7. The maximum absolute atomic E-state index is 12.7. The Morgan fingerprint density at radius 1 is 1.06 bits per heavy atom. The molecule has 0 saturated carbocycles. The molecular weight excluding hydrogens is 408 g/mol. The van der Waals surface area contributed by atoms with Crippen molar-refractivity contribution in [3.63, 3.8) is 0 Å². The molecule has 0 spiro atoms. The summed E-state index contributed by atoms with van der Waals surface area (Å²) in [6, 6.07) is 12.2. The fraction of sp³-hybridized carbons (Fsp3) is 0.417. The van der Waals surface area contributed by atoms with Crippen molar-refractivity contribution >= 4 is 28.9 Å². The number of thiocarbonyl (C=S) groups is 1. The number of nitrogens with one attached hydrogen (secondary N) is 3. The molecule has 1 saturated heterocycles. The smallest absolute Gasteiger partial charge is 0.269 e. The van der Waals surface area contributed by atoms with Gasteiger partial charge in [0.1, 0.15) is 0 Å². The highest BCUT2D eigenvalue weighted by atomic mass is 32.1. The third-order valence-electron chi connectivity index (χ3n) is 5.49. The van der Waals surface area contributed by atoms with Gasteiger partial charge in [-0.2, -0.15) is 0 Å². The van der Waals surface area contributed by atoms with E-state index in [9.17, 15) is 4.79 Å². The van der Waals surface area contributed by atoms with Crippen molar-refractivity contribution in [1.29, 1.82) is 0 Å². The number of hydrazine groups is 1. The molecule has 31 heavy (non-hydrogen) atoms. The molecule has 1 aliphatic rings. The van der Waals surface area contributed by atoms with Crippen molar-refractivity contribution in [2.45, 2.75) is 40.2 Å². The first-order chi connectivity index (χ1) is 14.8. The Hall–Kier alpha value is -2.48. The summed E-state index contributed by atoms with van der Waals surface area (Å²) in [6.07, 6.45) is 0. The Balaban J connectivity index is 1.52. The van der Waals surface area contributed by atoms with Crippen LogP contribution in [0.2, 0.25) is 0 Å². The lowest BCUT2D eigenvalue weighted by atomic mass is 9.93. The van der Waals surface area contributed by atoms with Crippen molar-refractivity contribution in [3.05, 3.63) is 64.2 Å². The summed E-state index contributed by atoms with van der Waals surface area (Å²) in [5.74, 6) is 0.151. The van der Waals surface area contributed by atoms with Gasteiger partial charge in [-0.25, -0.2) is 0 Å². The van der Waals surface area contributed by atoms with Crippen LogP contribution in [-0.4, -0.2) is 42.2 Å². The number of nitrogens with zero attached hydrogens (tertiary/aromatic N) is 1. The zero-order chi connectivity index (χ0) is 22.4. The fourth-order valence-corrected chi connectivity index (χ4v) is 3.96. The fourth-order valence-electron chi connectivity index (χ4n) is 3.79. The minimum atomic E-state index is -0.204. The SMILES string of the molecule is Cc1cc(C)c(C(C)C)cc1C(=O)NNC(=S)Nc1ccc(CN2CCOCC2)cc1. The molecule has 1 fully saturated rings. The third-order valence-corrected chi connectivity index (χ3v) is 5.70. The van der Waals surface area contributed by atoms with Gasteiger partial charge in [-0.05, 0) is 72.4 Å². The van der Waals surface area contributed by atoms with Gasteiger partial charge in [0.05, 0.1) is 13.2 Å². The minimum Gasteiger partial charge on any atom is -0.379 e. The van der Waals surface area contributed by atoms with Crippen molar-refractivity contribution in [1.82, 2.24) is 15.8 Å². The quantitative estimate of drug-likeness (QED) is 0.484. The van der Waals surface area contributed by atoms with E-state index in [1.807, 2.05) is 25.1 Å². The van der Waals surface area contributed by atoms with Crippen LogP contribution in [-0.2, 0) is 11.3 Å². The topological polar surface area (TPSA) is 65.6 Å². The van der Waals surface area contributed by atoms with Crippen LogP contribution in [0.25, 0.3) is 0 Å². The van der Waals surface area contributed by atoms with Gasteiger partial charge >= 0.3 is 0 Å². The second-order valence-corrected chi connectivity index (χ2v) is 8.71. The second-order valence-electron chi connectivity index (χ2n) is 8.30. The van der Waals surface area contributed by atoms with Gasteiger partial charge in [-0.3, -0.25) is 20.5 Å². The molecule has 0 aromatic heterocycles. The number of hydrogen-bond donors (Lipinski definition) is 3. The number of carbonyl (C=O) groups is 1. The molecule has 1 amide bonds. The summed E-state index contributed by atoms with van der Waals surface area (Å²) < 4.78 is 5.39. The minimum absolute atomic E-state index is 0.204. The summed E-state index contributed by atoms with van der Waals surface area (Å²) in [6.45, 7) is 12.7. The Bertz CT molecular complexity index is 922. The Kier molecular flexibility index (Phi) is 8.01. The van der Waals surface area contributed by atoms with Gasteiger partial charge < -0.3 is 10.1 Å². The van der Waals surface area contributed by atoms with Crippen LogP contribution in [0.5, 0.6) is 0 Å². The summed E-state index contributed by atoms with van der Waals surface area (Å²) in [7, 11) is 0. The molecule has 3 rings (SSSR count). The highest BCUT2D eigenvalue weighted by Crippen LogP contribution is 2.23. The Labute approximate surface area is 190 Å². The molecule has 1 heterocycles. The summed E-state index contributed by atoms with van der Waals surface area (Å²) >= 11 is 5.33. The lowest BCUT2D eigenvalue weighted by Crippen LogP contribution is -2.44. The van der Waals surface area contributed by atoms with Crippen molar-refractivity contribution in [3.8, 4) is 0 Å². The highest BCUT2D eigenvalue weighted by Gasteiger charge is 2.14. The summed E-state index contributed by atoms with van der Waals surface area (Å²) in [5.41, 5.74) is 11.6. The highest BCUT2D eigenvalue weighted by molar-refractivity contribution is 7.80. The monoisotopic (exact) mass is 440 g/mol. The zero-order valence-electron chi connectivity index (χ0n) is 18.7. The molecule has 1 aliphatic heterocycles. The van der Waals surface area contributed by atoms with E-state index >= 15 is 0 Å². The van der Waals surface area contributed by atoms with Gasteiger partial charge in [-0.1, -0.05) is 32.0 Å². The predicted octanol–water partition coefficient (Wildman–Crippen LogP) is 3.89. The van der Waals surface area contributed by atoms with Crippen LogP contribution in [0.1, 0.15) is 52.4 Å². The third kappa shape index (κ3) is 6.50. The maximum Gasteiger partial charge on any atom is 0.269 e. The molecular formula is C24H32N4O2S. The van der Waals surface area contributed by atoms with Crippen LogP contribution in [0, 0.1) is 13.8 Å². The van der Waals surface area contributed by atoms with E-state index in [0.29, 0.717) is 16.6 Å². The van der Waals surface area contributed by atoms with E-state index in [-0.39, 0.29) is 5.91 Å². The summed E-state index contributed by atoms with van der Waals surface area (Å²) in [5, 5.41) is 3.44. The lowest BCUT2D eigenvalue weighted by Gasteiger charge is -2.26. The Morgan fingerprint density at radius 3 is 2.39 bits per heavy atom. The predicted molar refractivity (Wildman–Crippen MR) is 129 cm³/mol. The number of benzene rings is 2. The molecule has 166 valence electrons. The molecule has 0 radical (unpaired) electrons. The zero-order valence-corrected chi connectivity index (χ0v) is 19.6. The number of morpholine rings is 1. The van der Waals surface area contributed by atoms with E-state index in [1.54, 1.807) is 0 Å². The van der Waals surface area contributed by atoms with Crippen molar-refractivity contribution < 1.29 is 9.53 Å². The van der Waals surface area contributed by atoms with Crippen molar-refractivity contribution in [2.24, 2.45) is 0 Å². The van der Waals surface area contributed by atoms with Crippen LogP contribution < -0.4 is 16.2 Å². The van der Waals surface area contributed by atoms with Crippen molar-refractivity contribution in [2.75, 3.05) is 31.6 Å². The molecule has 0 bridgehead atoms. The molecule has 6 nitrogen and oxygen atoms in total. The average Bonchev–Trinajstić information content (AvgIpc) is 2.74. The van der Waals surface area contributed by atoms with Gasteiger partial charge in [0.2, 0.25) is 0 Å². The summed E-state index contributed by atoms with van der Waals surface area (Å²) in [4.78, 5) is 15.0. The number of aryl methyl sites for hydroxylation is 2. The van der Waals surface area contributed by atoms with Gasteiger partial charge in [0.25, 0.3) is 5.91 Å². The van der Waals surface area contributed by atoms with Gasteiger partial charge in [-0.15, -0.1) is 0 Å². The van der Waals surface area contributed by atoms with E-state index in [2.05, 4.69) is 60.0 Å². The standard InChI is InChI=1S/C24H32N4O2S/c1-16(2)21-14-22(18(4)13-17(21)3)23(29)26-27-24(31)25-20-7-5-19(6-8-20)15-28-9-11-30-12-10-28/h5-8,13-14,16H,9-12,15H2,1-4H3,(H,26,29)(H2,25,27,31). The van der Waals surface area contributed by atoms with Gasteiger partial charge in [0.15, 0.2) is 5.11 Å². The first kappa shape index (κ1) is 23.2. The molecule has 0 aliphatic carbocycles. The molecule has 2 aromatic carbocycles. The van der Waals surface area contributed by atoms with E-state index < -0.39 is 0 Å². The van der Waals surface area contributed by atoms with Crippen LogP contribution in [0.3, 0.4) is 0 Å². The molecule has 2 aromatic rings. The van der Waals surface area contributed by atoms with Crippen LogP contribution in [0.15, 0.2) is 36.4 Å². The van der Waals surface area contributed by atoms with Crippen LogP contribution in [0.4, 0.5) is 5.69 Å². The number of hydrogen-bond acceptors (Lipinski definition) is 4. The molecule has 7 heteroatoms. The van der Waals surface area contributed by atoms with Gasteiger partial charge in [0, 0.05) is 30.9 Å². The van der Waals surface area contributed by atoms with Crippen LogP contribution >= 0.6 is 12.2 Å². The first-order valence-electron chi connectivity index (χ1n) is 10.7. The molecule has 0 unspecified atom stereocenters. The number of anilines is 1. The molecule has 0 atom stereocenters. The largest absolute Gasteiger partial charge is 0.379 e. The first-order valence-corrected chi connectivity index (χ1v) is 11.1. The number of rotatable bonds is 5. The van der Waals surface area contributed by atoms with E-state index in [1.165, 1.54) is 16.7 Å². The number of amides is 1. The van der Waals surface area contributed by atoms with E-state index in [0.717, 1.165) is 44.1 Å². The average molecular weight is 441 g/mol.